The lowest BCUT2D eigenvalue weighted by atomic mass is 10.00. The summed E-state index contributed by atoms with van der Waals surface area (Å²) in [7, 11) is 0. The highest BCUT2D eigenvalue weighted by atomic mass is 32.1. The lowest BCUT2D eigenvalue weighted by Crippen LogP contribution is -2.29. The Bertz CT molecular complexity index is 493. The van der Waals surface area contributed by atoms with E-state index in [-0.39, 0.29) is 6.04 Å². The predicted molar refractivity (Wildman–Crippen MR) is 71.8 cm³/mol. The predicted octanol–water partition coefficient (Wildman–Crippen LogP) is 2.57. The second kappa shape index (κ2) is 5.40. The molecule has 0 aromatic carbocycles. The molecule has 0 aliphatic rings. The Hall–Kier alpha value is -1.23. The Labute approximate surface area is 106 Å². The third-order valence-corrected chi connectivity index (χ3v) is 4.01. The Morgan fingerprint density at radius 2 is 2.29 bits per heavy atom. The molecule has 2 rings (SSSR count). The molecule has 2 heterocycles. The zero-order valence-corrected chi connectivity index (χ0v) is 10.9. The molecule has 17 heavy (non-hydrogen) atoms. The van der Waals surface area contributed by atoms with Crippen molar-refractivity contribution in [1.82, 2.24) is 10.4 Å². The summed E-state index contributed by atoms with van der Waals surface area (Å²) in [5.41, 5.74) is 6.61. The van der Waals surface area contributed by atoms with E-state index in [1.54, 1.807) is 11.3 Å². The SMILES string of the molecule is CCc1ccsc1C(NN)c1cnccc1C. The maximum Gasteiger partial charge on any atom is 0.0822 e. The molecule has 0 bridgehead atoms. The molecular weight excluding hydrogens is 230 g/mol. The van der Waals surface area contributed by atoms with Crippen LogP contribution in [0.3, 0.4) is 0 Å². The highest BCUT2D eigenvalue weighted by Gasteiger charge is 2.18. The van der Waals surface area contributed by atoms with Gasteiger partial charge in [0.2, 0.25) is 0 Å². The number of hydrogen-bond acceptors (Lipinski definition) is 4. The molecule has 0 fully saturated rings. The summed E-state index contributed by atoms with van der Waals surface area (Å²) in [6.07, 6.45) is 4.72. The van der Waals surface area contributed by atoms with Crippen molar-refractivity contribution < 1.29 is 0 Å². The number of nitrogens with zero attached hydrogens (tertiary/aromatic N) is 1. The van der Waals surface area contributed by atoms with Crippen LogP contribution in [0.25, 0.3) is 0 Å². The molecule has 0 saturated carbocycles. The lowest BCUT2D eigenvalue weighted by molar-refractivity contribution is 0.636. The third-order valence-electron chi connectivity index (χ3n) is 2.98. The van der Waals surface area contributed by atoms with Gasteiger partial charge in [0.25, 0.3) is 0 Å². The summed E-state index contributed by atoms with van der Waals surface area (Å²) >= 11 is 1.74. The van der Waals surface area contributed by atoms with Crippen LogP contribution in [0.4, 0.5) is 0 Å². The summed E-state index contributed by atoms with van der Waals surface area (Å²) < 4.78 is 0. The van der Waals surface area contributed by atoms with Crippen LogP contribution < -0.4 is 11.3 Å². The van der Waals surface area contributed by atoms with Gasteiger partial charge in [0, 0.05) is 17.3 Å². The summed E-state index contributed by atoms with van der Waals surface area (Å²) in [4.78, 5) is 5.47. The average Bonchev–Trinajstić information content (AvgIpc) is 2.81. The first kappa shape index (κ1) is 12.2. The van der Waals surface area contributed by atoms with Gasteiger partial charge in [0.15, 0.2) is 0 Å². The van der Waals surface area contributed by atoms with Gasteiger partial charge in [-0.25, -0.2) is 5.43 Å². The third kappa shape index (κ3) is 2.39. The second-order valence-electron chi connectivity index (χ2n) is 4.00. The molecule has 0 spiro atoms. The standard InChI is InChI=1S/C13H17N3S/c1-3-10-5-7-17-13(10)12(16-14)11-8-15-6-4-9(11)2/h4-8,12,16H,3,14H2,1-2H3. The van der Waals surface area contributed by atoms with Crippen LogP contribution in [0.5, 0.6) is 0 Å². The zero-order chi connectivity index (χ0) is 12.3. The Morgan fingerprint density at radius 1 is 1.47 bits per heavy atom. The van der Waals surface area contributed by atoms with Gasteiger partial charge in [-0.05, 0) is 47.5 Å². The van der Waals surface area contributed by atoms with Crippen molar-refractivity contribution in [3.8, 4) is 0 Å². The van der Waals surface area contributed by atoms with Crippen LogP contribution >= 0.6 is 11.3 Å². The van der Waals surface area contributed by atoms with Gasteiger partial charge >= 0.3 is 0 Å². The van der Waals surface area contributed by atoms with E-state index in [4.69, 9.17) is 5.84 Å². The Morgan fingerprint density at radius 3 is 2.94 bits per heavy atom. The molecule has 1 atom stereocenters. The van der Waals surface area contributed by atoms with E-state index in [0.29, 0.717) is 0 Å². The topological polar surface area (TPSA) is 50.9 Å². The van der Waals surface area contributed by atoms with Gasteiger partial charge in [0.05, 0.1) is 6.04 Å². The molecule has 4 heteroatoms. The number of pyridine rings is 1. The van der Waals surface area contributed by atoms with Gasteiger partial charge in [-0.15, -0.1) is 11.3 Å². The highest BCUT2D eigenvalue weighted by Crippen LogP contribution is 2.30. The average molecular weight is 247 g/mol. The van der Waals surface area contributed by atoms with E-state index in [1.165, 1.54) is 16.0 Å². The smallest absolute Gasteiger partial charge is 0.0822 e. The second-order valence-corrected chi connectivity index (χ2v) is 4.94. The van der Waals surface area contributed by atoms with E-state index in [2.05, 4.69) is 35.7 Å². The number of nitrogens with one attached hydrogen (secondary N) is 1. The van der Waals surface area contributed by atoms with Gasteiger partial charge in [-0.2, -0.15) is 0 Å². The molecule has 0 saturated heterocycles. The van der Waals surface area contributed by atoms with Crippen molar-refractivity contribution in [2.75, 3.05) is 0 Å². The Balaban J connectivity index is 2.44. The molecule has 1 unspecified atom stereocenters. The fourth-order valence-electron chi connectivity index (χ4n) is 1.98. The van der Waals surface area contributed by atoms with Crippen molar-refractivity contribution in [2.24, 2.45) is 5.84 Å². The zero-order valence-electron chi connectivity index (χ0n) is 10.1. The van der Waals surface area contributed by atoms with E-state index in [9.17, 15) is 0 Å². The van der Waals surface area contributed by atoms with E-state index in [0.717, 1.165) is 12.0 Å². The number of rotatable bonds is 4. The summed E-state index contributed by atoms with van der Waals surface area (Å²) in [6, 6.07) is 4.22. The largest absolute Gasteiger partial charge is 0.271 e. The molecule has 3 nitrogen and oxygen atoms in total. The molecule has 2 aromatic rings. The molecule has 0 amide bonds. The number of nitrogens with two attached hydrogens (primary N) is 1. The quantitative estimate of drug-likeness (QED) is 0.645. The van der Waals surface area contributed by atoms with Crippen LogP contribution in [0.2, 0.25) is 0 Å². The van der Waals surface area contributed by atoms with Gasteiger partial charge in [0.1, 0.15) is 0 Å². The molecule has 0 radical (unpaired) electrons. The van der Waals surface area contributed by atoms with Crippen molar-refractivity contribution >= 4 is 11.3 Å². The molecular formula is C13H17N3S. The minimum atomic E-state index is 0.0404. The minimum absolute atomic E-state index is 0.0404. The normalized spacial score (nSPS) is 12.6. The van der Waals surface area contributed by atoms with Gasteiger partial charge < -0.3 is 0 Å². The first-order valence-corrected chi connectivity index (χ1v) is 6.58. The van der Waals surface area contributed by atoms with E-state index < -0.39 is 0 Å². The van der Waals surface area contributed by atoms with Crippen molar-refractivity contribution in [1.29, 1.82) is 0 Å². The lowest BCUT2D eigenvalue weighted by Gasteiger charge is -2.18. The van der Waals surface area contributed by atoms with Crippen molar-refractivity contribution in [3.05, 3.63) is 51.5 Å². The van der Waals surface area contributed by atoms with Crippen LogP contribution in [0.15, 0.2) is 29.9 Å². The molecule has 90 valence electrons. The van der Waals surface area contributed by atoms with E-state index >= 15 is 0 Å². The van der Waals surface area contributed by atoms with Crippen LogP contribution in [0, 0.1) is 6.92 Å². The highest BCUT2D eigenvalue weighted by molar-refractivity contribution is 7.10. The number of thiophene rings is 1. The van der Waals surface area contributed by atoms with Crippen molar-refractivity contribution in [2.45, 2.75) is 26.3 Å². The van der Waals surface area contributed by atoms with Gasteiger partial charge in [-0.1, -0.05) is 6.92 Å². The molecule has 2 aromatic heterocycles. The summed E-state index contributed by atoms with van der Waals surface area (Å²) in [6.45, 7) is 4.25. The van der Waals surface area contributed by atoms with E-state index in [1.807, 2.05) is 18.5 Å². The first-order valence-electron chi connectivity index (χ1n) is 5.70. The first-order chi connectivity index (χ1) is 8.27. The number of hydrogen-bond donors (Lipinski definition) is 2. The van der Waals surface area contributed by atoms with Gasteiger partial charge in [-0.3, -0.25) is 10.8 Å². The fraction of sp³-hybridized carbons (Fsp3) is 0.308. The Kier molecular flexibility index (Phi) is 3.89. The molecule has 0 aliphatic heterocycles. The van der Waals surface area contributed by atoms with Crippen molar-refractivity contribution in [3.63, 3.8) is 0 Å². The molecule has 3 N–H and O–H groups in total. The maximum absolute atomic E-state index is 5.72. The summed E-state index contributed by atoms with van der Waals surface area (Å²) in [5.74, 6) is 5.72. The number of aromatic nitrogens is 1. The van der Waals surface area contributed by atoms with Crippen LogP contribution in [-0.4, -0.2) is 4.98 Å². The minimum Gasteiger partial charge on any atom is -0.271 e. The van der Waals surface area contributed by atoms with Crippen LogP contribution in [-0.2, 0) is 6.42 Å². The van der Waals surface area contributed by atoms with Crippen LogP contribution in [0.1, 0.15) is 34.5 Å². The summed E-state index contributed by atoms with van der Waals surface area (Å²) in [5, 5.41) is 2.12. The number of hydrazine groups is 1. The maximum atomic E-state index is 5.72. The monoisotopic (exact) mass is 247 g/mol. The molecule has 0 aliphatic carbocycles. The fourth-order valence-corrected chi connectivity index (χ4v) is 3.05. The number of aryl methyl sites for hydroxylation is 2.